The summed E-state index contributed by atoms with van der Waals surface area (Å²) in [5.41, 5.74) is 5.13. The first-order valence-corrected chi connectivity index (χ1v) is 6.72. The van der Waals surface area contributed by atoms with Crippen LogP contribution in [0.2, 0.25) is 5.02 Å². The summed E-state index contributed by atoms with van der Waals surface area (Å²) in [5, 5.41) is 8.21. The molecular formula is C14H13ClCuN4S+2. The molecule has 0 aliphatic carbocycles. The summed E-state index contributed by atoms with van der Waals surface area (Å²) >= 11 is 11.1. The van der Waals surface area contributed by atoms with E-state index in [9.17, 15) is 0 Å². The van der Waals surface area contributed by atoms with Gasteiger partial charge >= 0.3 is 17.1 Å². The third-order valence-electron chi connectivity index (χ3n) is 2.44. The van der Waals surface area contributed by atoms with Gasteiger partial charge in [-0.05, 0) is 49.5 Å². The molecule has 1 radical (unpaired) electrons. The fraction of sp³-hybridized carbons (Fsp3) is 0.0714. The monoisotopic (exact) mass is 367 g/mol. The minimum atomic E-state index is 0. The number of hydrogen-bond acceptors (Lipinski definition) is 3. The maximum atomic E-state index is 5.90. The van der Waals surface area contributed by atoms with Crippen molar-refractivity contribution in [2.75, 3.05) is 5.32 Å². The molecule has 1 heterocycles. The average Bonchev–Trinajstić information content (AvgIpc) is 2.46. The van der Waals surface area contributed by atoms with Crippen LogP contribution in [0, 0.1) is 0 Å². The van der Waals surface area contributed by atoms with Gasteiger partial charge in [-0.3, -0.25) is 10.4 Å². The summed E-state index contributed by atoms with van der Waals surface area (Å²) < 4.78 is 0. The Morgan fingerprint density at radius 2 is 2.05 bits per heavy atom. The Morgan fingerprint density at radius 3 is 2.71 bits per heavy atom. The maximum absolute atomic E-state index is 5.90. The second-order valence-corrected chi connectivity index (χ2v) is 4.83. The number of pyridine rings is 1. The largest absolute Gasteiger partial charge is 2.00 e. The third kappa shape index (κ3) is 5.81. The van der Waals surface area contributed by atoms with Crippen LogP contribution in [0.5, 0.6) is 0 Å². The zero-order valence-corrected chi connectivity index (χ0v) is 13.6. The van der Waals surface area contributed by atoms with Crippen molar-refractivity contribution in [2.24, 2.45) is 5.10 Å². The van der Waals surface area contributed by atoms with Crippen LogP contribution in [0.25, 0.3) is 0 Å². The van der Waals surface area contributed by atoms with Gasteiger partial charge in [-0.2, -0.15) is 5.10 Å². The number of nitrogens with zero attached hydrogens (tertiary/aromatic N) is 2. The Bertz CT molecular complexity index is 634. The predicted octanol–water partition coefficient (Wildman–Crippen LogP) is 3.44. The molecule has 0 fully saturated rings. The van der Waals surface area contributed by atoms with E-state index in [1.54, 1.807) is 18.3 Å². The first kappa shape index (κ1) is 17.6. The van der Waals surface area contributed by atoms with Crippen molar-refractivity contribution in [3.63, 3.8) is 0 Å². The summed E-state index contributed by atoms with van der Waals surface area (Å²) in [7, 11) is 0. The van der Waals surface area contributed by atoms with Crippen molar-refractivity contribution < 1.29 is 17.1 Å². The fourth-order valence-electron chi connectivity index (χ4n) is 1.49. The number of halogens is 1. The minimum absolute atomic E-state index is 0. The first-order valence-electron chi connectivity index (χ1n) is 5.93. The molecule has 2 rings (SSSR count). The summed E-state index contributed by atoms with van der Waals surface area (Å²) in [6.45, 7) is 1.86. The van der Waals surface area contributed by atoms with E-state index in [-0.39, 0.29) is 17.1 Å². The van der Waals surface area contributed by atoms with Crippen LogP contribution in [-0.4, -0.2) is 15.8 Å². The number of rotatable bonds is 3. The van der Waals surface area contributed by atoms with Crippen molar-refractivity contribution in [1.29, 1.82) is 0 Å². The number of thiocarbonyl (C=S) groups is 1. The van der Waals surface area contributed by atoms with Gasteiger partial charge in [0.05, 0.1) is 11.4 Å². The zero-order chi connectivity index (χ0) is 14.4. The van der Waals surface area contributed by atoms with Crippen LogP contribution in [0.15, 0.2) is 53.8 Å². The Kier molecular flexibility index (Phi) is 7.32. The van der Waals surface area contributed by atoms with E-state index in [0.717, 1.165) is 17.1 Å². The van der Waals surface area contributed by atoms with Crippen molar-refractivity contribution in [3.8, 4) is 0 Å². The van der Waals surface area contributed by atoms with Crippen LogP contribution in [0.3, 0.4) is 0 Å². The molecule has 1 aromatic heterocycles. The molecule has 0 saturated heterocycles. The van der Waals surface area contributed by atoms with E-state index < -0.39 is 0 Å². The molecule has 0 unspecified atom stereocenters. The average molecular weight is 368 g/mol. The predicted molar refractivity (Wildman–Crippen MR) is 87.3 cm³/mol. The molecule has 1 aromatic carbocycles. The number of hydrogen-bond donors (Lipinski definition) is 2. The summed E-state index contributed by atoms with van der Waals surface area (Å²) in [6, 6.07) is 12.9. The van der Waals surface area contributed by atoms with E-state index >= 15 is 0 Å². The van der Waals surface area contributed by atoms with Gasteiger partial charge in [-0.25, -0.2) is 0 Å². The molecule has 0 aliphatic heterocycles. The molecule has 2 aromatic rings. The molecule has 0 atom stereocenters. The van der Waals surface area contributed by atoms with Crippen LogP contribution in [-0.2, 0) is 17.1 Å². The van der Waals surface area contributed by atoms with Crippen LogP contribution in [0.1, 0.15) is 12.6 Å². The second kappa shape index (κ2) is 8.74. The summed E-state index contributed by atoms with van der Waals surface area (Å²) in [6.07, 6.45) is 1.72. The van der Waals surface area contributed by atoms with Crippen molar-refractivity contribution >= 4 is 40.3 Å². The zero-order valence-electron chi connectivity index (χ0n) is 11.1. The summed E-state index contributed by atoms with van der Waals surface area (Å²) in [4.78, 5) is 4.20. The van der Waals surface area contributed by atoms with Crippen molar-refractivity contribution in [2.45, 2.75) is 6.92 Å². The SMILES string of the molecule is CC(=NNC(=S)Nc1cccc(Cl)c1)c1ccccn1.[Cu+2]. The number of benzene rings is 1. The third-order valence-corrected chi connectivity index (χ3v) is 2.87. The fourth-order valence-corrected chi connectivity index (χ4v) is 1.85. The van der Waals surface area contributed by atoms with E-state index in [1.165, 1.54) is 0 Å². The first-order chi connectivity index (χ1) is 9.65. The van der Waals surface area contributed by atoms with Crippen LogP contribution in [0.4, 0.5) is 5.69 Å². The van der Waals surface area contributed by atoms with Gasteiger partial charge < -0.3 is 5.32 Å². The van der Waals surface area contributed by atoms with Gasteiger partial charge in [0, 0.05) is 16.9 Å². The van der Waals surface area contributed by atoms with Gasteiger partial charge in [-0.15, -0.1) is 0 Å². The Morgan fingerprint density at radius 1 is 1.24 bits per heavy atom. The quantitative estimate of drug-likeness (QED) is 0.377. The molecule has 4 nitrogen and oxygen atoms in total. The van der Waals surface area contributed by atoms with Gasteiger partial charge in [0.1, 0.15) is 0 Å². The topological polar surface area (TPSA) is 49.3 Å². The molecule has 0 amide bonds. The summed E-state index contributed by atoms with van der Waals surface area (Å²) in [5.74, 6) is 0. The Balaban J connectivity index is 0.00000220. The maximum Gasteiger partial charge on any atom is 2.00 e. The molecule has 0 spiro atoms. The van der Waals surface area contributed by atoms with Crippen molar-refractivity contribution in [3.05, 3.63) is 59.4 Å². The van der Waals surface area contributed by atoms with E-state index in [2.05, 4.69) is 20.8 Å². The number of aromatic nitrogens is 1. The standard InChI is InChI=1S/C14H13ClN4S.Cu/c1-10(13-7-2-3-8-16-13)18-19-14(20)17-12-6-4-5-11(15)9-12;/h2-9H,1H3,(H2,17,19,20);/q;+2. The molecule has 21 heavy (non-hydrogen) atoms. The number of nitrogens with one attached hydrogen (secondary N) is 2. The molecule has 0 saturated carbocycles. The van der Waals surface area contributed by atoms with Crippen LogP contribution < -0.4 is 10.7 Å². The second-order valence-electron chi connectivity index (χ2n) is 3.99. The molecular weight excluding hydrogens is 355 g/mol. The normalized spacial score (nSPS) is 10.5. The molecule has 0 aliphatic rings. The smallest absolute Gasteiger partial charge is 0.331 e. The van der Waals surface area contributed by atoms with Gasteiger partial charge in [0.25, 0.3) is 0 Å². The molecule has 7 heteroatoms. The van der Waals surface area contributed by atoms with Gasteiger partial charge in [-0.1, -0.05) is 23.7 Å². The van der Waals surface area contributed by atoms with Crippen molar-refractivity contribution in [1.82, 2.24) is 10.4 Å². The van der Waals surface area contributed by atoms with Gasteiger partial charge in [0.2, 0.25) is 0 Å². The molecule has 111 valence electrons. The molecule has 2 N–H and O–H groups in total. The van der Waals surface area contributed by atoms with E-state index in [1.807, 2.05) is 37.3 Å². The van der Waals surface area contributed by atoms with E-state index in [0.29, 0.717) is 10.1 Å². The van der Waals surface area contributed by atoms with E-state index in [4.69, 9.17) is 23.8 Å². The molecule has 0 bridgehead atoms. The van der Waals surface area contributed by atoms with Gasteiger partial charge in [0.15, 0.2) is 5.11 Å². The number of anilines is 1. The Hall–Kier alpha value is -1.46. The number of hydrazone groups is 1. The van der Waals surface area contributed by atoms with Crippen LogP contribution >= 0.6 is 23.8 Å². The Labute approximate surface area is 144 Å². The minimum Gasteiger partial charge on any atom is -0.331 e.